The number of halogens is 2. The molecule has 33 heavy (non-hydrogen) atoms. The number of carbonyl (C=O) groups is 4. The normalized spacial score (nSPS) is 18.0. The number of aromatic amines is 1. The van der Waals surface area contributed by atoms with Crippen LogP contribution in [0, 0.1) is 6.92 Å². The van der Waals surface area contributed by atoms with Gasteiger partial charge in [0.1, 0.15) is 11.7 Å². The third kappa shape index (κ3) is 3.65. The minimum absolute atomic E-state index is 0.191. The van der Waals surface area contributed by atoms with Crippen LogP contribution in [-0.4, -0.2) is 39.6 Å². The lowest BCUT2D eigenvalue weighted by Crippen LogP contribution is -2.52. The van der Waals surface area contributed by atoms with Crippen molar-refractivity contribution in [3.63, 3.8) is 0 Å². The summed E-state index contributed by atoms with van der Waals surface area (Å²) in [4.78, 5) is 54.0. The Hall–Kier alpha value is -3.36. The van der Waals surface area contributed by atoms with Gasteiger partial charge >= 0.3 is 0 Å². The summed E-state index contributed by atoms with van der Waals surface area (Å²) in [7, 11) is 0. The van der Waals surface area contributed by atoms with Crippen LogP contribution in [0.3, 0.4) is 0 Å². The Labute approximate surface area is 198 Å². The number of hydrogen-bond acceptors (Lipinski definition) is 4. The van der Waals surface area contributed by atoms with Crippen molar-refractivity contribution in [1.29, 1.82) is 0 Å². The zero-order chi connectivity index (χ0) is 23.4. The monoisotopic (exact) mass is 484 g/mol. The molecule has 2 aliphatic heterocycles. The van der Waals surface area contributed by atoms with Crippen molar-refractivity contribution < 1.29 is 19.2 Å². The minimum Gasteiger partial charge on any atom is -0.350 e. The van der Waals surface area contributed by atoms with Gasteiger partial charge in [0.25, 0.3) is 11.8 Å². The molecular formula is C23H18Cl2N4O4. The molecule has 0 bridgehead atoms. The Balaban J connectivity index is 1.38. The number of hydrogen-bond donors (Lipinski definition) is 3. The first-order valence-electron chi connectivity index (χ1n) is 10.3. The van der Waals surface area contributed by atoms with E-state index < -0.39 is 11.9 Å². The molecule has 1 fully saturated rings. The molecule has 2 aromatic carbocycles. The average Bonchev–Trinajstić information content (AvgIpc) is 3.25. The van der Waals surface area contributed by atoms with E-state index in [1.54, 1.807) is 37.3 Å². The number of fused-ring (bicyclic) bond motifs is 2. The average molecular weight is 485 g/mol. The summed E-state index contributed by atoms with van der Waals surface area (Å²) in [6.07, 6.45) is 0.483. The fourth-order valence-corrected chi connectivity index (χ4v) is 5.11. The van der Waals surface area contributed by atoms with Crippen molar-refractivity contribution >= 4 is 63.4 Å². The summed E-state index contributed by atoms with van der Waals surface area (Å²) in [6.45, 7) is 2.02. The number of imide groups is 1. The van der Waals surface area contributed by atoms with E-state index in [0.29, 0.717) is 50.1 Å². The molecule has 0 spiro atoms. The van der Waals surface area contributed by atoms with E-state index in [1.165, 1.54) is 4.90 Å². The third-order valence-corrected chi connectivity index (χ3v) is 6.59. The number of amides is 4. The van der Waals surface area contributed by atoms with Crippen LogP contribution in [-0.2, 0) is 16.1 Å². The Morgan fingerprint density at radius 3 is 2.70 bits per heavy atom. The van der Waals surface area contributed by atoms with Crippen LogP contribution in [0.1, 0.15) is 44.8 Å². The van der Waals surface area contributed by atoms with Gasteiger partial charge in [-0.2, -0.15) is 0 Å². The number of aryl methyl sites for hydroxylation is 1. The van der Waals surface area contributed by atoms with Crippen LogP contribution in [0.4, 0.5) is 5.69 Å². The molecule has 5 rings (SSSR count). The van der Waals surface area contributed by atoms with Crippen LogP contribution < -0.4 is 10.6 Å². The molecule has 3 aromatic rings. The fourth-order valence-electron chi connectivity index (χ4n) is 4.48. The minimum atomic E-state index is -0.689. The maximum Gasteiger partial charge on any atom is 0.272 e. The predicted molar refractivity (Wildman–Crippen MR) is 123 cm³/mol. The molecule has 3 N–H and O–H groups in total. The number of aromatic nitrogens is 1. The van der Waals surface area contributed by atoms with Crippen LogP contribution in [0.5, 0.6) is 0 Å². The topological polar surface area (TPSA) is 111 Å². The number of carbonyl (C=O) groups excluding carboxylic acids is 4. The fraction of sp³-hybridized carbons (Fsp3) is 0.217. The molecule has 0 radical (unpaired) electrons. The number of nitrogens with one attached hydrogen (secondary N) is 3. The maximum atomic E-state index is 13.0. The van der Waals surface area contributed by atoms with E-state index in [9.17, 15) is 19.2 Å². The van der Waals surface area contributed by atoms with Gasteiger partial charge in [0.05, 0.1) is 5.02 Å². The lowest BCUT2D eigenvalue weighted by atomic mass is 10.0. The van der Waals surface area contributed by atoms with E-state index in [0.717, 1.165) is 5.39 Å². The van der Waals surface area contributed by atoms with Crippen molar-refractivity contribution in [2.24, 2.45) is 0 Å². The molecule has 1 atom stereocenters. The van der Waals surface area contributed by atoms with Crippen molar-refractivity contribution in [1.82, 2.24) is 15.2 Å². The van der Waals surface area contributed by atoms with Crippen molar-refractivity contribution in [3.05, 3.63) is 62.8 Å². The van der Waals surface area contributed by atoms with E-state index in [4.69, 9.17) is 23.2 Å². The summed E-state index contributed by atoms with van der Waals surface area (Å²) >= 11 is 12.4. The first-order chi connectivity index (χ1) is 15.7. The molecule has 1 aromatic heterocycles. The smallest absolute Gasteiger partial charge is 0.272 e. The van der Waals surface area contributed by atoms with Crippen LogP contribution in [0.2, 0.25) is 10.0 Å². The summed E-state index contributed by atoms with van der Waals surface area (Å²) in [6, 6.07) is 7.64. The predicted octanol–water partition coefficient (Wildman–Crippen LogP) is 3.80. The molecule has 0 saturated carbocycles. The number of benzene rings is 2. The highest BCUT2D eigenvalue weighted by Gasteiger charge is 2.39. The molecule has 1 unspecified atom stereocenters. The van der Waals surface area contributed by atoms with E-state index in [1.807, 2.05) is 0 Å². The summed E-state index contributed by atoms with van der Waals surface area (Å²) in [5.41, 5.74) is 3.40. The largest absolute Gasteiger partial charge is 0.350 e. The number of H-pyrrole nitrogens is 1. The number of rotatable bonds is 3. The summed E-state index contributed by atoms with van der Waals surface area (Å²) < 4.78 is 0. The second-order valence-electron chi connectivity index (χ2n) is 8.16. The Morgan fingerprint density at radius 1 is 1.15 bits per heavy atom. The van der Waals surface area contributed by atoms with E-state index >= 15 is 0 Å². The molecule has 10 heteroatoms. The molecule has 168 valence electrons. The molecule has 0 aliphatic carbocycles. The van der Waals surface area contributed by atoms with Crippen molar-refractivity contribution in [2.75, 3.05) is 5.32 Å². The van der Waals surface area contributed by atoms with Gasteiger partial charge in [0, 0.05) is 40.1 Å². The molecule has 3 heterocycles. The van der Waals surface area contributed by atoms with Gasteiger partial charge in [-0.1, -0.05) is 23.2 Å². The zero-order valence-corrected chi connectivity index (χ0v) is 18.9. The molecule has 8 nitrogen and oxygen atoms in total. The van der Waals surface area contributed by atoms with Gasteiger partial charge in [-0.05, 0) is 54.8 Å². The quantitative estimate of drug-likeness (QED) is 0.490. The number of piperidine rings is 1. The van der Waals surface area contributed by atoms with Gasteiger partial charge in [-0.25, -0.2) is 0 Å². The highest BCUT2D eigenvalue weighted by Crippen LogP contribution is 2.33. The highest BCUT2D eigenvalue weighted by atomic mass is 35.5. The van der Waals surface area contributed by atoms with Crippen LogP contribution in [0.25, 0.3) is 10.9 Å². The summed E-state index contributed by atoms with van der Waals surface area (Å²) in [5, 5.41) is 6.77. The van der Waals surface area contributed by atoms with Gasteiger partial charge < -0.3 is 15.2 Å². The van der Waals surface area contributed by atoms with E-state index in [2.05, 4.69) is 15.6 Å². The van der Waals surface area contributed by atoms with Gasteiger partial charge in [0.15, 0.2) is 0 Å². The Morgan fingerprint density at radius 2 is 1.94 bits per heavy atom. The van der Waals surface area contributed by atoms with E-state index in [-0.39, 0.29) is 30.7 Å². The second kappa shape index (κ2) is 7.90. The van der Waals surface area contributed by atoms with Crippen LogP contribution >= 0.6 is 23.2 Å². The van der Waals surface area contributed by atoms with Gasteiger partial charge in [-0.3, -0.25) is 24.5 Å². The van der Waals surface area contributed by atoms with Crippen molar-refractivity contribution in [3.8, 4) is 0 Å². The number of nitrogens with zero attached hydrogens (tertiary/aromatic N) is 1. The molecule has 1 saturated heterocycles. The molecular weight excluding hydrogens is 467 g/mol. The van der Waals surface area contributed by atoms with Gasteiger partial charge in [0.2, 0.25) is 11.8 Å². The molecule has 2 aliphatic rings. The third-order valence-electron chi connectivity index (χ3n) is 6.07. The lowest BCUT2D eigenvalue weighted by molar-refractivity contribution is -0.136. The first-order valence-corrected chi connectivity index (χ1v) is 11.0. The second-order valence-corrected chi connectivity index (χ2v) is 9.00. The zero-order valence-electron chi connectivity index (χ0n) is 17.4. The lowest BCUT2D eigenvalue weighted by Gasteiger charge is -2.29. The molecule has 4 amide bonds. The standard InChI is InChI=1S/C23H18Cl2N4O4/c1-10-19-15(25)7-12(24)8-16(19)27-20(10)22(32)26-13-2-3-14-11(6-13)9-29(23(14)33)17-4-5-18(30)28-21(17)31/h2-3,6-8,17,27H,4-5,9H2,1H3,(H,26,32)(H,28,30,31). The van der Waals surface area contributed by atoms with Crippen LogP contribution in [0.15, 0.2) is 30.3 Å². The maximum absolute atomic E-state index is 13.0. The van der Waals surface area contributed by atoms with Crippen molar-refractivity contribution in [2.45, 2.75) is 32.4 Å². The number of anilines is 1. The Bertz CT molecular complexity index is 1380. The SMILES string of the molecule is Cc1c(C(=O)Nc2ccc3c(c2)CN(C2CCC(=O)NC2=O)C3=O)[nH]c2cc(Cl)cc(Cl)c12. The Kier molecular flexibility index (Phi) is 5.14. The summed E-state index contributed by atoms with van der Waals surface area (Å²) in [5.74, 6) is -1.42. The highest BCUT2D eigenvalue weighted by molar-refractivity contribution is 6.39. The van der Waals surface area contributed by atoms with Gasteiger partial charge in [-0.15, -0.1) is 0 Å². The first kappa shape index (κ1) is 21.5.